The Morgan fingerprint density at radius 3 is 2.34 bits per heavy atom. The molecule has 3 aromatic carbocycles. The maximum absolute atomic E-state index is 12.9. The van der Waals surface area contributed by atoms with E-state index in [0.29, 0.717) is 33.8 Å². The molecule has 2 amide bonds. The summed E-state index contributed by atoms with van der Waals surface area (Å²) in [6.45, 7) is 0.121. The van der Waals surface area contributed by atoms with Gasteiger partial charge in [-0.3, -0.25) is 9.59 Å². The highest BCUT2D eigenvalue weighted by molar-refractivity contribution is 6.05. The van der Waals surface area contributed by atoms with E-state index in [-0.39, 0.29) is 12.5 Å². The van der Waals surface area contributed by atoms with Crippen molar-refractivity contribution < 1.29 is 28.6 Å². The molecular formula is C26H21N3O6. The lowest BCUT2D eigenvalue weighted by Crippen LogP contribution is -2.32. The van der Waals surface area contributed by atoms with Crippen molar-refractivity contribution in [2.75, 3.05) is 13.9 Å². The highest BCUT2D eigenvalue weighted by Crippen LogP contribution is 2.33. The predicted molar refractivity (Wildman–Crippen MR) is 128 cm³/mol. The van der Waals surface area contributed by atoms with Crippen LogP contribution in [0, 0.1) is 0 Å². The van der Waals surface area contributed by atoms with E-state index in [1.807, 2.05) is 0 Å². The zero-order chi connectivity index (χ0) is 24.6. The van der Waals surface area contributed by atoms with Gasteiger partial charge in [0.15, 0.2) is 11.5 Å². The normalized spacial score (nSPS) is 12.3. The Bertz CT molecular complexity index is 1300. The van der Waals surface area contributed by atoms with Gasteiger partial charge in [0.05, 0.1) is 18.9 Å². The first kappa shape index (κ1) is 23.2. The number of fused-ring (bicyclic) bond motifs is 1. The number of carbonyl (C=O) groups is 3. The van der Waals surface area contributed by atoms with Crippen LogP contribution in [0.5, 0.6) is 11.5 Å². The molecule has 3 aromatic rings. The van der Waals surface area contributed by atoms with Crippen LogP contribution in [-0.2, 0) is 9.53 Å². The maximum atomic E-state index is 12.9. The Kier molecular flexibility index (Phi) is 7.17. The van der Waals surface area contributed by atoms with Crippen LogP contribution >= 0.6 is 0 Å². The Labute approximate surface area is 201 Å². The summed E-state index contributed by atoms with van der Waals surface area (Å²) < 4.78 is 15.4. The van der Waals surface area contributed by atoms with Crippen molar-refractivity contribution in [2.45, 2.75) is 0 Å². The van der Waals surface area contributed by atoms with E-state index in [9.17, 15) is 14.4 Å². The van der Waals surface area contributed by atoms with Crippen LogP contribution in [0.25, 0.3) is 6.08 Å². The summed E-state index contributed by atoms with van der Waals surface area (Å²) in [5.41, 5.74) is 4.45. The first-order chi connectivity index (χ1) is 17.0. The van der Waals surface area contributed by atoms with Crippen LogP contribution in [0.3, 0.4) is 0 Å². The summed E-state index contributed by atoms with van der Waals surface area (Å²) in [6, 6.07) is 20.2. The van der Waals surface area contributed by atoms with Crippen LogP contribution < -0.4 is 20.2 Å². The lowest BCUT2D eigenvalue weighted by atomic mass is 10.1. The molecule has 1 aliphatic rings. The third kappa shape index (κ3) is 5.91. The Morgan fingerprint density at radius 1 is 0.886 bits per heavy atom. The lowest BCUT2D eigenvalue weighted by Gasteiger charge is -2.09. The van der Waals surface area contributed by atoms with E-state index in [1.54, 1.807) is 72.8 Å². The van der Waals surface area contributed by atoms with E-state index in [2.05, 4.69) is 20.6 Å². The molecule has 0 fully saturated rings. The van der Waals surface area contributed by atoms with Crippen molar-refractivity contribution in [3.05, 3.63) is 101 Å². The van der Waals surface area contributed by atoms with Gasteiger partial charge in [-0.15, -0.1) is 0 Å². The first-order valence-corrected chi connectivity index (χ1v) is 10.5. The molecule has 0 aliphatic carbocycles. The predicted octanol–water partition coefficient (Wildman–Crippen LogP) is 3.12. The molecule has 35 heavy (non-hydrogen) atoms. The molecule has 2 N–H and O–H groups in total. The molecule has 0 saturated heterocycles. The second-order valence-electron chi connectivity index (χ2n) is 7.30. The monoisotopic (exact) mass is 471 g/mol. The SMILES string of the molecule is COC(=O)c1ccc(C=NNC(=O)C(=Cc2ccc3c(c2)OCO3)NC(=O)c2ccccc2)cc1. The third-order valence-electron chi connectivity index (χ3n) is 4.95. The molecule has 0 aromatic heterocycles. The van der Waals surface area contributed by atoms with Crippen molar-refractivity contribution in [1.29, 1.82) is 0 Å². The van der Waals surface area contributed by atoms with Gasteiger partial charge in [0.25, 0.3) is 11.8 Å². The van der Waals surface area contributed by atoms with Gasteiger partial charge in [-0.05, 0) is 53.6 Å². The van der Waals surface area contributed by atoms with Crippen molar-refractivity contribution in [3.8, 4) is 11.5 Å². The van der Waals surface area contributed by atoms with Crippen LogP contribution in [0.15, 0.2) is 83.6 Å². The molecule has 0 bridgehead atoms. The molecule has 1 aliphatic heterocycles. The molecule has 0 unspecified atom stereocenters. The number of nitrogens with zero attached hydrogens (tertiary/aromatic N) is 1. The quantitative estimate of drug-likeness (QED) is 0.237. The summed E-state index contributed by atoms with van der Waals surface area (Å²) in [4.78, 5) is 37.1. The summed E-state index contributed by atoms with van der Waals surface area (Å²) in [7, 11) is 1.30. The molecule has 1 heterocycles. The fourth-order valence-corrected chi connectivity index (χ4v) is 3.16. The number of methoxy groups -OCH3 is 1. The molecule has 9 heteroatoms. The lowest BCUT2D eigenvalue weighted by molar-refractivity contribution is -0.117. The summed E-state index contributed by atoms with van der Waals surface area (Å²) in [6.07, 6.45) is 2.93. The number of benzene rings is 3. The Morgan fingerprint density at radius 2 is 1.60 bits per heavy atom. The fraction of sp³-hybridized carbons (Fsp3) is 0.0769. The number of hydrazone groups is 1. The second kappa shape index (κ2) is 10.8. The number of esters is 1. The van der Waals surface area contributed by atoms with Crippen LogP contribution in [0.2, 0.25) is 0 Å². The molecule has 9 nitrogen and oxygen atoms in total. The third-order valence-corrected chi connectivity index (χ3v) is 4.95. The van der Waals surface area contributed by atoms with Crippen molar-refractivity contribution in [1.82, 2.24) is 10.7 Å². The summed E-state index contributed by atoms with van der Waals surface area (Å²) in [5, 5.41) is 6.60. The smallest absolute Gasteiger partial charge is 0.337 e. The first-order valence-electron chi connectivity index (χ1n) is 10.5. The maximum Gasteiger partial charge on any atom is 0.337 e. The van der Waals surface area contributed by atoms with E-state index < -0.39 is 17.8 Å². The molecular weight excluding hydrogens is 450 g/mol. The molecule has 0 saturated carbocycles. The molecule has 176 valence electrons. The number of rotatable bonds is 7. The van der Waals surface area contributed by atoms with Gasteiger partial charge in [-0.1, -0.05) is 36.4 Å². The van der Waals surface area contributed by atoms with Crippen LogP contribution in [0.1, 0.15) is 31.8 Å². The van der Waals surface area contributed by atoms with Gasteiger partial charge in [0.2, 0.25) is 6.79 Å². The average molecular weight is 471 g/mol. The zero-order valence-electron chi connectivity index (χ0n) is 18.7. The number of carbonyl (C=O) groups excluding carboxylic acids is 3. The highest BCUT2D eigenvalue weighted by atomic mass is 16.7. The van der Waals surface area contributed by atoms with Crippen molar-refractivity contribution in [3.63, 3.8) is 0 Å². The van der Waals surface area contributed by atoms with E-state index >= 15 is 0 Å². The Hall–Kier alpha value is -4.92. The minimum Gasteiger partial charge on any atom is -0.465 e. The van der Waals surface area contributed by atoms with Gasteiger partial charge >= 0.3 is 5.97 Å². The second-order valence-corrected chi connectivity index (χ2v) is 7.30. The number of ether oxygens (including phenoxy) is 3. The minimum absolute atomic E-state index is 0.0177. The molecule has 0 spiro atoms. The van der Waals surface area contributed by atoms with Gasteiger partial charge in [-0.25, -0.2) is 10.2 Å². The Balaban J connectivity index is 1.52. The molecule has 0 atom stereocenters. The van der Waals surface area contributed by atoms with Crippen molar-refractivity contribution in [2.24, 2.45) is 5.10 Å². The number of hydrogen-bond acceptors (Lipinski definition) is 7. The van der Waals surface area contributed by atoms with Gasteiger partial charge in [0, 0.05) is 5.56 Å². The average Bonchev–Trinajstić information content (AvgIpc) is 3.36. The molecule has 0 radical (unpaired) electrons. The van der Waals surface area contributed by atoms with E-state index in [4.69, 9.17) is 9.47 Å². The minimum atomic E-state index is -0.630. The largest absolute Gasteiger partial charge is 0.465 e. The standard InChI is InChI=1S/C26H21N3O6/c1-33-26(32)20-10-7-17(8-11-20)15-27-29-25(31)21(28-24(30)19-5-3-2-4-6-19)13-18-9-12-22-23(14-18)35-16-34-22/h2-15H,16H2,1H3,(H,28,30)(H,29,31). The number of hydrogen-bond donors (Lipinski definition) is 2. The summed E-state index contributed by atoms with van der Waals surface area (Å²) in [5.74, 6) is -0.385. The zero-order valence-corrected chi connectivity index (χ0v) is 18.7. The molecule has 4 rings (SSSR count). The van der Waals surface area contributed by atoms with E-state index in [1.165, 1.54) is 19.4 Å². The van der Waals surface area contributed by atoms with Crippen LogP contribution in [-0.4, -0.2) is 37.9 Å². The topological polar surface area (TPSA) is 115 Å². The van der Waals surface area contributed by atoms with Gasteiger partial charge in [-0.2, -0.15) is 5.10 Å². The summed E-state index contributed by atoms with van der Waals surface area (Å²) >= 11 is 0. The van der Waals surface area contributed by atoms with Gasteiger partial charge in [0.1, 0.15) is 5.70 Å². The highest BCUT2D eigenvalue weighted by Gasteiger charge is 2.17. The van der Waals surface area contributed by atoms with Gasteiger partial charge < -0.3 is 19.5 Å². The number of amides is 2. The van der Waals surface area contributed by atoms with Crippen LogP contribution in [0.4, 0.5) is 0 Å². The number of nitrogens with one attached hydrogen (secondary N) is 2. The van der Waals surface area contributed by atoms with Crippen molar-refractivity contribution >= 4 is 30.1 Å². The van der Waals surface area contributed by atoms with E-state index in [0.717, 1.165) is 0 Å². The fourth-order valence-electron chi connectivity index (χ4n) is 3.16.